The lowest BCUT2D eigenvalue weighted by Crippen LogP contribution is -2.45. The number of ether oxygens (including phenoxy) is 3. The summed E-state index contributed by atoms with van der Waals surface area (Å²) in [5, 5.41) is 0. The molecule has 1 saturated heterocycles. The molecule has 0 radical (unpaired) electrons. The molecule has 0 spiro atoms. The van der Waals surface area contributed by atoms with Crippen LogP contribution in [0.4, 0.5) is 0 Å². The lowest BCUT2D eigenvalue weighted by molar-refractivity contribution is -0.163. The third-order valence-electron chi connectivity index (χ3n) is 4.86. The standard InChI is InChI=1S/C18H31NO5/c1-12(2)13(3)19(15-7-8-15)17(20)11-24-18(21)14(4)23-10-16-6-5-9-22-16/h12-16H,5-11H2,1-4H3. The predicted octanol–water partition coefficient (Wildman–Crippen LogP) is 2.15. The Bertz CT molecular complexity index is 429. The summed E-state index contributed by atoms with van der Waals surface area (Å²) in [6.07, 6.45) is 3.46. The maximum Gasteiger partial charge on any atom is 0.335 e. The van der Waals surface area contributed by atoms with Gasteiger partial charge in [0.1, 0.15) is 0 Å². The van der Waals surface area contributed by atoms with E-state index in [0.717, 1.165) is 32.3 Å². The third kappa shape index (κ3) is 5.45. The Balaban J connectivity index is 1.73. The van der Waals surface area contributed by atoms with Crippen molar-refractivity contribution in [3.8, 4) is 0 Å². The zero-order valence-electron chi connectivity index (χ0n) is 15.3. The highest BCUT2D eigenvalue weighted by Crippen LogP contribution is 2.30. The van der Waals surface area contributed by atoms with Gasteiger partial charge in [-0.2, -0.15) is 0 Å². The van der Waals surface area contributed by atoms with Crippen LogP contribution in [-0.4, -0.2) is 60.9 Å². The fourth-order valence-corrected chi connectivity index (χ4v) is 2.86. The second-order valence-corrected chi connectivity index (χ2v) is 7.24. The van der Waals surface area contributed by atoms with Gasteiger partial charge in [-0.05, 0) is 45.4 Å². The Morgan fingerprint density at radius 3 is 2.42 bits per heavy atom. The van der Waals surface area contributed by atoms with Crippen LogP contribution in [0.25, 0.3) is 0 Å². The first-order valence-electron chi connectivity index (χ1n) is 9.11. The molecule has 2 aliphatic rings. The van der Waals surface area contributed by atoms with Crippen molar-refractivity contribution in [1.82, 2.24) is 4.90 Å². The SMILES string of the molecule is CC(OCC1CCCO1)C(=O)OCC(=O)N(C1CC1)C(C)C(C)C. The van der Waals surface area contributed by atoms with Crippen molar-refractivity contribution >= 4 is 11.9 Å². The van der Waals surface area contributed by atoms with E-state index in [4.69, 9.17) is 14.2 Å². The van der Waals surface area contributed by atoms with Crippen molar-refractivity contribution in [2.45, 2.75) is 77.7 Å². The Morgan fingerprint density at radius 1 is 1.17 bits per heavy atom. The molecule has 1 aliphatic heterocycles. The van der Waals surface area contributed by atoms with Gasteiger partial charge in [0, 0.05) is 18.7 Å². The summed E-state index contributed by atoms with van der Waals surface area (Å²) in [7, 11) is 0. The molecule has 0 N–H and O–H groups in total. The topological polar surface area (TPSA) is 65.1 Å². The van der Waals surface area contributed by atoms with Crippen molar-refractivity contribution in [2.75, 3.05) is 19.8 Å². The number of nitrogens with zero attached hydrogens (tertiary/aromatic N) is 1. The van der Waals surface area contributed by atoms with Gasteiger partial charge in [0.25, 0.3) is 5.91 Å². The molecule has 3 unspecified atom stereocenters. The van der Waals surface area contributed by atoms with Crippen molar-refractivity contribution in [3.63, 3.8) is 0 Å². The quantitative estimate of drug-likeness (QED) is 0.601. The molecule has 1 saturated carbocycles. The van der Waals surface area contributed by atoms with Gasteiger partial charge in [0.2, 0.25) is 0 Å². The summed E-state index contributed by atoms with van der Waals surface area (Å²) in [5.74, 6) is -0.230. The molecule has 6 nitrogen and oxygen atoms in total. The average molecular weight is 341 g/mol. The molecular formula is C18H31NO5. The largest absolute Gasteiger partial charge is 0.454 e. The zero-order valence-corrected chi connectivity index (χ0v) is 15.3. The highest BCUT2D eigenvalue weighted by atomic mass is 16.6. The first kappa shape index (κ1) is 19.2. The first-order valence-corrected chi connectivity index (χ1v) is 9.11. The molecule has 2 fully saturated rings. The van der Waals surface area contributed by atoms with Gasteiger partial charge in [-0.25, -0.2) is 4.79 Å². The van der Waals surface area contributed by atoms with E-state index in [-0.39, 0.29) is 24.7 Å². The first-order chi connectivity index (χ1) is 11.4. The molecule has 138 valence electrons. The predicted molar refractivity (Wildman–Crippen MR) is 89.5 cm³/mol. The van der Waals surface area contributed by atoms with Gasteiger partial charge < -0.3 is 19.1 Å². The van der Waals surface area contributed by atoms with Gasteiger partial charge in [-0.15, -0.1) is 0 Å². The third-order valence-corrected chi connectivity index (χ3v) is 4.86. The van der Waals surface area contributed by atoms with Crippen molar-refractivity contribution < 1.29 is 23.8 Å². The molecule has 6 heteroatoms. The smallest absolute Gasteiger partial charge is 0.335 e. The van der Waals surface area contributed by atoms with E-state index < -0.39 is 12.1 Å². The molecule has 1 heterocycles. The molecule has 1 amide bonds. The fraction of sp³-hybridized carbons (Fsp3) is 0.889. The maximum absolute atomic E-state index is 12.5. The summed E-state index contributed by atoms with van der Waals surface area (Å²) < 4.78 is 16.1. The van der Waals surface area contributed by atoms with E-state index in [9.17, 15) is 9.59 Å². The molecule has 0 aromatic rings. The Labute approximate surface area is 144 Å². The van der Waals surface area contributed by atoms with Gasteiger partial charge in [0.05, 0.1) is 12.7 Å². The minimum atomic E-state index is -0.682. The number of amides is 1. The summed E-state index contributed by atoms with van der Waals surface area (Å²) in [6, 6.07) is 0.457. The molecule has 1 aliphatic carbocycles. The number of hydrogen-bond donors (Lipinski definition) is 0. The molecule has 3 atom stereocenters. The van der Waals surface area contributed by atoms with Crippen LogP contribution < -0.4 is 0 Å². The molecule has 0 aromatic carbocycles. The van der Waals surface area contributed by atoms with Crippen LogP contribution in [0.15, 0.2) is 0 Å². The van der Waals surface area contributed by atoms with Gasteiger partial charge >= 0.3 is 5.97 Å². The summed E-state index contributed by atoms with van der Waals surface area (Å²) >= 11 is 0. The molecule has 24 heavy (non-hydrogen) atoms. The molecule has 0 bridgehead atoms. The Kier molecular flexibility index (Phi) is 7.04. The maximum atomic E-state index is 12.5. The van der Waals surface area contributed by atoms with Crippen LogP contribution in [0.2, 0.25) is 0 Å². The van der Waals surface area contributed by atoms with E-state index in [1.54, 1.807) is 6.92 Å². The Hall–Kier alpha value is -1.14. The highest BCUT2D eigenvalue weighted by molar-refractivity contribution is 5.82. The minimum absolute atomic E-state index is 0.0686. The average Bonchev–Trinajstić information content (AvgIpc) is 3.24. The molecular weight excluding hydrogens is 310 g/mol. The summed E-state index contributed by atoms with van der Waals surface area (Å²) in [5.41, 5.74) is 0. The Morgan fingerprint density at radius 2 is 1.88 bits per heavy atom. The number of carbonyl (C=O) groups excluding carboxylic acids is 2. The lowest BCUT2D eigenvalue weighted by Gasteiger charge is -2.32. The van der Waals surface area contributed by atoms with E-state index >= 15 is 0 Å². The van der Waals surface area contributed by atoms with Crippen LogP contribution in [0.3, 0.4) is 0 Å². The normalized spacial score (nSPS) is 23.1. The van der Waals surface area contributed by atoms with E-state index in [1.807, 2.05) is 4.90 Å². The van der Waals surface area contributed by atoms with Gasteiger partial charge in [0.15, 0.2) is 12.7 Å². The van der Waals surface area contributed by atoms with Gasteiger partial charge in [-0.1, -0.05) is 13.8 Å². The number of esters is 1. The number of hydrogen-bond acceptors (Lipinski definition) is 5. The van der Waals surface area contributed by atoms with Crippen molar-refractivity contribution in [1.29, 1.82) is 0 Å². The van der Waals surface area contributed by atoms with Gasteiger partial charge in [-0.3, -0.25) is 4.79 Å². The van der Waals surface area contributed by atoms with Crippen LogP contribution in [0.5, 0.6) is 0 Å². The van der Waals surface area contributed by atoms with Crippen LogP contribution in [0.1, 0.15) is 53.4 Å². The molecule has 0 aromatic heterocycles. The van der Waals surface area contributed by atoms with E-state index in [2.05, 4.69) is 20.8 Å². The van der Waals surface area contributed by atoms with Crippen LogP contribution in [-0.2, 0) is 23.8 Å². The van der Waals surface area contributed by atoms with Crippen LogP contribution in [0, 0.1) is 5.92 Å². The lowest BCUT2D eigenvalue weighted by atomic mass is 10.0. The second kappa shape index (κ2) is 8.81. The highest BCUT2D eigenvalue weighted by Gasteiger charge is 2.37. The van der Waals surface area contributed by atoms with E-state index in [1.165, 1.54) is 0 Å². The summed E-state index contributed by atoms with van der Waals surface area (Å²) in [4.78, 5) is 26.3. The van der Waals surface area contributed by atoms with Crippen molar-refractivity contribution in [2.24, 2.45) is 5.92 Å². The monoisotopic (exact) mass is 341 g/mol. The molecule has 2 rings (SSSR count). The minimum Gasteiger partial charge on any atom is -0.454 e. The van der Waals surface area contributed by atoms with Crippen LogP contribution >= 0.6 is 0 Å². The fourth-order valence-electron chi connectivity index (χ4n) is 2.86. The van der Waals surface area contributed by atoms with E-state index in [0.29, 0.717) is 18.6 Å². The number of carbonyl (C=O) groups is 2. The zero-order chi connectivity index (χ0) is 17.7. The van der Waals surface area contributed by atoms with Crippen molar-refractivity contribution in [3.05, 3.63) is 0 Å². The second-order valence-electron chi connectivity index (χ2n) is 7.24. The summed E-state index contributed by atoms with van der Waals surface area (Å²) in [6.45, 7) is 8.84. The number of rotatable bonds is 9.